The minimum Gasteiger partial charge on any atom is -0.497 e. The molecule has 7 rings (SSSR count). The molecule has 0 N–H and O–H groups in total. The van der Waals surface area contributed by atoms with E-state index in [2.05, 4.69) is 17.0 Å². The molecule has 0 amide bonds. The second-order valence-electron chi connectivity index (χ2n) is 8.75. The Hall–Kier alpha value is -3.87. The van der Waals surface area contributed by atoms with Crippen LogP contribution in [0.1, 0.15) is 0 Å². The number of anilines is 3. The summed E-state index contributed by atoms with van der Waals surface area (Å²) < 4.78 is 35.6. The Morgan fingerprint density at radius 3 is 1.59 bits per heavy atom. The van der Waals surface area contributed by atoms with Crippen molar-refractivity contribution in [2.24, 2.45) is 0 Å². The van der Waals surface area contributed by atoms with Crippen molar-refractivity contribution in [3.63, 3.8) is 0 Å². The molecule has 0 bridgehead atoms. The highest BCUT2D eigenvalue weighted by atomic mass is 32.4. The Morgan fingerprint density at radius 1 is 0.622 bits per heavy atom. The van der Waals surface area contributed by atoms with Crippen molar-refractivity contribution < 1.29 is 28.4 Å². The van der Waals surface area contributed by atoms with Gasteiger partial charge in [0.15, 0.2) is 23.0 Å². The first-order valence-electron chi connectivity index (χ1n) is 11.6. The summed E-state index contributed by atoms with van der Waals surface area (Å²) in [6.07, 6.45) is 0. The van der Waals surface area contributed by atoms with Crippen LogP contribution in [0.2, 0.25) is 0 Å². The molecule has 0 fully saturated rings. The molecule has 0 aliphatic carbocycles. The smallest absolute Gasteiger partial charge is 0.180 e. The molecule has 37 heavy (non-hydrogen) atoms. The standard InChI is InChI=1S/C28H22NO6PS/c1-30-16-7-5-15(6-8-16)29-18-9-11-20(32-3)24-26(18)36(37)27-19(29)10-12-21(33-4)25(27)35-23-14-17(31-2)13-22(34-24)28(23)36/h5-14H,1-4H3. The molecular formula is C28H22NO6PS. The van der Waals surface area contributed by atoms with Gasteiger partial charge in [-0.3, -0.25) is 0 Å². The van der Waals surface area contributed by atoms with Gasteiger partial charge < -0.3 is 33.3 Å². The molecule has 0 aromatic heterocycles. The van der Waals surface area contributed by atoms with E-state index in [1.54, 1.807) is 28.4 Å². The lowest BCUT2D eigenvalue weighted by Gasteiger charge is -2.46. The highest BCUT2D eigenvalue weighted by molar-refractivity contribution is 8.26. The van der Waals surface area contributed by atoms with Crippen LogP contribution in [0.4, 0.5) is 17.1 Å². The fraction of sp³-hybridized carbons (Fsp3) is 0.143. The monoisotopic (exact) mass is 531 g/mol. The molecule has 0 spiro atoms. The summed E-state index contributed by atoms with van der Waals surface area (Å²) in [5.41, 5.74) is 2.84. The summed E-state index contributed by atoms with van der Waals surface area (Å²) in [4.78, 5) is 2.19. The highest BCUT2D eigenvalue weighted by Gasteiger charge is 2.51. The average molecular weight is 532 g/mol. The number of hydrogen-bond donors (Lipinski definition) is 0. The molecule has 7 nitrogen and oxygen atoms in total. The Balaban J connectivity index is 1.63. The van der Waals surface area contributed by atoms with Gasteiger partial charge in [0, 0.05) is 17.8 Å². The fourth-order valence-corrected chi connectivity index (χ4v) is 10.4. The first-order valence-corrected chi connectivity index (χ1v) is 14.4. The average Bonchev–Trinajstić information content (AvgIpc) is 2.93. The molecule has 0 saturated carbocycles. The van der Waals surface area contributed by atoms with E-state index in [0.717, 1.165) is 38.7 Å². The number of nitrogens with zero attached hydrogens (tertiary/aromatic N) is 1. The fourth-order valence-electron chi connectivity index (χ4n) is 5.41. The minimum absolute atomic E-state index is 0.615. The Kier molecular flexibility index (Phi) is 4.72. The van der Waals surface area contributed by atoms with Crippen LogP contribution in [0.5, 0.6) is 46.0 Å². The summed E-state index contributed by atoms with van der Waals surface area (Å²) in [5, 5.41) is 2.74. The third-order valence-electron chi connectivity index (χ3n) is 7.02. The Labute approximate surface area is 219 Å². The van der Waals surface area contributed by atoms with E-state index in [1.165, 1.54) is 0 Å². The summed E-state index contributed by atoms with van der Waals surface area (Å²) in [7, 11) is 6.55. The van der Waals surface area contributed by atoms with E-state index in [-0.39, 0.29) is 0 Å². The van der Waals surface area contributed by atoms with Gasteiger partial charge in [-0.1, -0.05) is 11.8 Å². The molecular weight excluding hydrogens is 509 g/mol. The Morgan fingerprint density at radius 2 is 1.14 bits per heavy atom. The molecule has 3 aliphatic rings. The zero-order valence-electron chi connectivity index (χ0n) is 20.5. The number of hydrogen-bond acceptors (Lipinski definition) is 8. The van der Waals surface area contributed by atoms with Crippen molar-refractivity contribution in [1.29, 1.82) is 0 Å². The lowest BCUT2D eigenvalue weighted by Crippen LogP contribution is -2.42. The molecule has 0 unspecified atom stereocenters. The van der Waals surface area contributed by atoms with E-state index in [0.29, 0.717) is 40.2 Å². The van der Waals surface area contributed by atoms with E-state index >= 15 is 0 Å². The van der Waals surface area contributed by atoms with Crippen molar-refractivity contribution in [3.05, 3.63) is 60.7 Å². The maximum atomic E-state index is 6.78. The van der Waals surface area contributed by atoms with Crippen molar-refractivity contribution in [2.75, 3.05) is 33.3 Å². The van der Waals surface area contributed by atoms with Gasteiger partial charge >= 0.3 is 0 Å². The number of benzene rings is 4. The van der Waals surface area contributed by atoms with Crippen molar-refractivity contribution in [3.8, 4) is 46.0 Å². The van der Waals surface area contributed by atoms with Crippen LogP contribution in [0.3, 0.4) is 0 Å². The Bertz CT molecular complexity index is 1580. The largest absolute Gasteiger partial charge is 0.497 e. The maximum Gasteiger partial charge on any atom is 0.180 e. The molecule has 0 atom stereocenters. The van der Waals surface area contributed by atoms with E-state index in [1.807, 2.05) is 48.5 Å². The van der Waals surface area contributed by atoms with Gasteiger partial charge in [0.25, 0.3) is 0 Å². The SMILES string of the molecule is COc1ccc(N2c3ccc(OC)c4c3P3(=S)c5c(cc(OC)cc5Oc5c(OC)ccc2c53)O4)cc1. The zero-order valence-corrected chi connectivity index (χ0v) is 22.2. The van der Waals surface area contributed by atoms with Crippen LogP contribution >= 0.6 is 6.04 Å². The van der Waals surface area contributed by atoms with Gasteiger partial charge in [0.05, 0.1) is 61.8 Å². The molecule has 186 valence electrons. The highest BCUT2D eigenvalue weighted by Crippen LogP contribution is 2.67. The summed E-state index contributed by atoms with van der Waals surface area (Å²) in [6, 6.07) is 17.0. The van der Waals surface area contributed by atoms with E-state index in [4.69, 9.17) is 40.2 Å². The topological polar surface area (TPSA) is 58.6 Å². The zero-order chi connectivity index (χ0) is 25.5. The molecule has 3 heterocycles. The molecule has 0 saturated heterocycles. The number of ether oxygens (including phenoxy) is 6. The lowest BCUT2D eigenvalue weighted by molar-refractivity contribution is 0.369. The normalized spacial score (nSPS) is 14.6. The molecule has 3 aliphatic heterocycles. The summed E-state index contributed by atoms with van der Waals surface area (Å²) in [6.45, 7) is 0. The van der Waals surface area contributed by atoms with Crippen molar-refractivity contribution in [1.82, 2.24) is 0 Å². The van der Waals surface area contributed by atoms with Crippen LogP contribution in [-0.2, 0) is 11.8 Å². The summed E-state index contributed by atoms with van der Waals surface area (Å²) in [5.74, 6) is 5.11. The second kappa shape index (κ2) is 7.81. The maximum absolute atomic E-state index is 6.78. The van der Waals surface area contributed by atoms with Gasteiger partial charge in [-0.2, -0.15) is 0 Å². The first kappa shape index (κ1) is 22.3. The van der Waals surface area contributed by atoms with Gasteiger partial charge in [-0.15, -0.1) is 0 Å². The quantitative estimate of drug-likeness (QED) is 0.271. The minimum atomic E-state index is -2.67. The third kappa shape index (κ3) is 2.80. The van der Waals surface area contributed by atoms with Gasteiger partial charge in [-0.05, 0) is 48.5 Å². The predicted octanol–water partition coefficient (Wildman–Crippen LogP) is 5.47. The van der Waals surface area contributed by atoms with Gasteiger partial charge in [-0.25, -0.2) is 0 Å². The third-order valence-corrected chi connectivity index (χ3v) is 11.9. The molecule has 4 aromatic rings. The molecule has 4 aromatic carbocycles. The number of methoxy groups -OCH3 is 4. The number of rotatable bonds is 5. The van der Waals surface area contributed by atoms with E-state index in [9.17, 15) is 0 Å². The van der Waals surface area contributed by atoms with Gasteiger partial charge in [0.2, 0.25) is 0 Å². The second-order valence-corrected chi connectivity index (χ2v) is 13.0. The van der Waals surface area contributed by atoms with Crippen molar-refractivity contribution in [2.45, 2.75) is 0 Å². The van der Waals surface area contributed by atoms with Crippen LogP contribution in [0.15, 0.2) is 60.7 Å². The molecule has 9 heteroatoms. The van der Waals surface area contributed by atoms with Crippen molar-refractivity contribution >= 4 is 50.8 Å². The predicted molar refractivity (Wildman–Crippen MR) is 147 cm³/mol. The van der Waals surface area contributed by atoms with Crippen LogP contribution in [0.25, 0.3) is 0 Å². The van der Waals surface area contributed by atoms with E-state index < -0.39 is 6.04 Å². The van der Waals surface area contributed by atoms with Gasteiger partial charge in [0.1, 0.15) is 23.0 Å². The van der Waals surface area contributed by atoms with Crippen LogP contribution in [-0.4, -0.2) is 28.4 Å². The van der Waals surface area contributed by atoms with Crippen LogP contribution in [0, 0.1) is 0 Å². The van der Waals surface area contributed by atoms with Crippen LogP contribution < -0.4 is 49.2 Å². The lowest BCUT2D eigenvalue weighted by atomic mass is 10.1. The summed E-state index contributed by atoms with van der Waals surface area (Å²) >= 11 is 6.78. The molecule has 0 radical (unpaired) electrons. The first-order chi connectivity index (χ1) is 18.0.